The molecule has 0 radical (unpaired) electrons. The summed E-state index contributed by atoms with van der Waals surface area (Å²) >= 11 is 0. The molecule has 0 aromatic heterocycles. The molecule has 0 N–H and O–H groups in total. The first-order chi connectivity index (χ1) is 5.77. The Hall–Kier alpha value is 0. The molecule has 0 aliphatic heterocycles. The predicted molar refractivity (Wildman–Crippen MR) is 55.2 cm³/mol. The minimum Gasteiger partial charge on any atom is -0.0654 e. The van der Waals surface area contributed by atoms with Crippen LogP contribution in [-0.4, -0.2) is 0 Å². The van der Waals surface area contributed by atoms with Gasteiger partial charge in [0.1, 0.15) is 0 Å². The van der Waals surface area contributed by atoms with Gasteiger partial charge in [-0.05, 0) is 24.2 Å². The largest absolute Gasteiger partial charge is 0.0654 e. The third-order valence-electron chi connectivity index (χ3n) is 3.71. The molecule has 0 heterocycles. The van der Waals surface area contributed by atoms with E-state index in [1.54, 1.807) is 0 Å². The summed E-state index contributed by atoms with van der Waals surface area (Å²) in [6.07, 6.45) is 8.77. The molecule has 1 fully saturated rings. The van der Waals surface area contributed by atoms with E-state index in [0.717, 1.165) is 17.8 Å². The zero-order valence-electron chi connectivity index (χ0n) is 8.97. The summed E-state index contributed by atoms with van der Waals surface area (Å²) in [6, 6.07) is 0. The second-order valence-corrected chi connectivity index (χ2v) is 4.61. The third kappa shape index (κ3) is 2.50. The smallest absolute Gasteiger partial charge is 0.0386 e. The first kappa shape index (κ1) is 10.1. The van der Waals surface area contributed by atoms with Crippen molar-refractivity contribution in [3.05, 3.63) is 0 Å². The molecule has 3 unspecified atom stereocenters. The highest BCUT2D eigenvalue weighted by molar-refractivity contribution is 4.76. The van der Waals surface area contributed by atoms with Gasteiger partial charge >= 0.3 is 0 Å². The van der Waals surface area contributed by atoms with E-state index in [1.165, 1.54) is 38.5 Å². The Labute approximate surface area is 77.7 Å². The van der Waals surface area contributed by atoms with Gasteiger partial charge in [0.15, 0.2) is 0 Å². The molecule has 1 aliphatic rings. The highest BCUT2D eigenvalue weighted by Crippen LogP contribution is 2.37. The number of rotatable bonds is 3. The van der Waals surface area contributed by atoms with Gasteiger partial charge in [0, 0.05) is 0 Å². The zero-order chi connectivity index (χ0) is 8.97. The van der Waals surface area contributed by atoms with E-state index in [4.69, 9.17) is 0 Å². The molecule has 72 valence electrons. The van der Waals surface area contributed by atoms with Gasteiger partial charge in [-0.15, -0.1) is 0 Å². The predicted octanol–water partition coefficient (Wildman–Crippen LogP) is 4.25. The average molecular weight is 168 g/mol. The van der Waals surface area contributed by atoms with Gasteiger partial charge in [-0.25, -0.2) is 0 Å². The zero-order valence-corrected chi connectivity index (χ0v) is 8.97. The van der Waals surface area contributed by atoms with E-state index >= 15 is 0 Å². The highest BCUT2D eigenvalue weighted by atomic mass is 14.3. The molecule has 1 rings (SSSR count). The van der Waals surface area contributed by atoms with Crippen LogP contribution in [0.15, 0.2) is 0 Å². The van der Waals surface area contributed by atoms with Crippen molar-refractivity contribution >= 4 is 0 Å². The van der Waals surface area contributed by atoms with Crippen LogP contribution in [0.5, 0.6) is 0 Å². The van der Waals surface area contributed by atoms with Crippen LogP contribution < -0.4 is 0 Å². The number of hydrogen-bond donors (Lipinski definition) is 0. The Morgan fingerprint density at radius 3 is 2.50 bits per heavy atom. The van der Waals surface area contributed by atoms with E-state index < -0.39 is 0 Å². The lowest BCUT2D eigenvalue weighted by molar-refractivity contribution is 0.178. The van der Waals surface area contributed by atoms with Crippen molar-refractivity contribution in [2.45, 2.75) is 59.3 Å². The molecule has 0 amide bonds. The molecule has 0 nitrogen and oxygen atoms in total. The lowest BCUT2D eigenvalue weighted by Crippen LogP contribution is -2.22. The second-order valence-electron chi connectivity index (χ2n) is 4.61. The maximum Gasteiger partial charge on any atom is -0.0386 e. The fourth-order valence-corrected chi connectivity index (χ4v) is 2.66. The summed E-state index contributed by atoms with van der Waals surface area (Å²) < 4.78 is 0. The normalized spacial score (nSPS) is 36.8. The van der Waals surface area contributed by atoms with Gasteiger partial charge in [0.2, 0.25) is 0 Å². The van der Waals surface area contributed by atoms with Gasteiger partial charge < -0.3 is 0 Å². The quantitative estimate of drug-likeness (QED) is 0.591. The highest BCUT2D eigenvalue weighted by Gasteiger charge is 2.25. The lowest BCUT2D eigenvalue weighted by atomic mass is 9.72. The number of hydrogen-bond acceptors (Lipinski definition) is 0. The van der Waals surface area contributed by atoms with Crippen LogP contribution in [0.25, 0.3) is 0 Å². The van der Waals surface area contributed by atoms with E-state index in [9.17, 15) is 0 Å². The minimum absolute atomic E-state index is 1.01. The van der Waals surface area contributed by atoms with Crippen LogP contribution in [0.4, 0.5) is 0 Å². The fourth-order valence-electron chi connectivity index (χ4n) is 2.66. The fraction of sp³-hybridized carbons (Fsp3) is 1.00. The van der Waals surface area contributed by atoms with Crippen molar-refractivity contribution in [1.82, 2.24) is 0 Å². The molecule has 0 aromatic carbocycles. The topological polar surface area (TPSA) is 0 Å². The molecular formula is C12H24. The first-order valence-corrected chi connectivity index (χ1v) is 5.77. The van der Waals surface area contributed by atoms with Gasteiger partial charge in [0.25, 0.3) is 0 Å². The molecule has 0 aromatic rings. The van der Waals surface area contributed by atoms with Crippen molar-refractivity contribution in [1.29, 1.82) is 0 Å². The van der Waals surface area contributed by atoms with Crippen LogP contribution in [0.2, 0.25) is 0 Å². The molecule has 1 saturated carbocycles. The van der Waals surface area contributed by atoms with E-state index in [0.29, 0.717) is 0 Å². The van der Waals surface area contributed by atoms with Crippen molar-refractivity contribution < 1.29 is 0 Å². The molecule has 0 heteroatoms. The monoisotopic (exact) mass is 168 g/mol. The van der Waals surface area contributed by atoms with E-state index in [2.05, 4.69) is 20.8 Å². The van der Waals surface area contributed by atoms with Crippen molar-refractivity contribution in [3.8, 4) is 0 Å². The van der Waals surface area contributed by atoms with Crippen LogP contribution in [-0.2, 0) is 0 Å². The summed E-state index contributed by atoms with van der Waals surface area (Å²) in [6.45, 7) is 7.12. The molecule has 1 aliphatic carbocycles. The van der Waals surface area contributed by atoms with E-state index in [1.807, 2.05) is 0 Å². The van der Waals surface area contributed by atoms with Crippen LogP contribution in [0.3, 0.4) is 0 Å². The maximum atomic E-state index is 2.45. The van der Waals surface area contributed by atoms with Gasteiger partial charge in [0.05, 0.1) is 0 Å². The summed E-state index contributed by atoms with van der Waals surface area (Å²) in [5, 5.41) is 0. The Balaban J connectivity index is 2.36. The Morgan fingerprint density at radius 1 is 1.17 bits per heavy atom. The Kier molecular flexibility index (Phi) is 4.11. The molecule has 3 atom stereocenters. The summed E-state index contributed by atoms with van der Waals surface area (Å²) in [4.78, 5) is 0. The standard InChI is InChI=1S/C12H24/c1-4-6-12-9-11(5-2)8-7-10(12)3/h10-12H,4-9H2,1-3H3. The van der Waals surface area contributed by atoms with Crippen LogP contribution in [0.1, 0.15) is 59.3 Å². The van der Waals surface area contributed by atoms with Crippen molar-refractivity contribution in [3.63, 3.8) is 0 Å². The molecule has 12 heavy (non-hydrogen) atoms. The Morgan fingerprint density at radius 2 is 1.92 bits per heavy atom. The Bertz CT molecular complexity index is 117. The molecular weight excluding hydrogens is 144 g/mol. The summed E-state index contributed by atoms with van der Waals surface area (Å²) in [5.41, 5.74) is 0. The van der Waals surface area contributed by atoms with Crippen LogP contribution in [0, 0.1) is 17.8 Å². The average Bonchev–Trinajstić information content (AvgIpc) is 2.09. The van der Waals surface area contributed by atoms with Gasteiger partial charge in [-0.1, -0.05) is 52.9 Å². The van der Waals surface area contributed by atoms with Gasteiger partial charge in [-0.3, -0.25) is 0 Å². The molecule has 0 saturated heterocycles. The SMILES string of the molecule is CCCC1CC(CC)CCC1C. The summed E-state index contributed by atoms with van der Waals surface area (Å²) in [7, 11) is 0. The van der Waals surface area contributed by atoms with E-state index in [-0.39, 0.29) is 0 Å². The minimum atomic E-state index is 1.01. The third-order valence-corrected chi connectivity index (χ3v) is 3.71. The van der Waals surface area contributed by atoms with Gasteiger partial charge in [-0.2, -0.15) is 0 Å². The van der Waals surface area contributed by atoms with Crippen LogP contribution >= 0.6 is 0 Å². The lowest BCUT2D eigenvalue weighted by Gasteiger charge is -2.33. The van der Waals surface area contributed by atoms with Crippen molar-refractivity contribution in [2.75, 3.05) is 0 Å². The second kappa shape index (κ2) is 4.89. The van der Waals surface area contributed by atoms with Crippen molar-refractivity contribution in [2.24, 2.45) is 17.8 Å². The molecule has 0 bridgehead atoms. The first-order valence-electron chi connectivity index (χ1n) is 5.77. The molecule has 0 spiro atoms. The maximum absolute atomic E-state index is 2.45. The summed E-state index contributed by atoms with van der Waals surface area (Å²) in [5.74, 6) is 3.11.